The Bertz CT molecular complexity index is 602. The van der Waals surface area contributed by atoms with Gasteiger partial charge in [0.05, 0.1) is 23.4 Å². The third-order valence-corrected chi connectivity index (χ3v) is 3.03. The molecule has 0 saturated carbocycles. The summed E-state index contributed by atoms with van der Waals surface area (Å²) in [6.07, 6.45) is -3.41. The van der Waals surface area contributed by atoms with Crippen LogP contribution in [0, 0.1) is 0 Å². The van der Waals surface area contributed by atoms with Gasteiger partial charge in [-0.15, -0.1) is 11.3 Å². The molecule has 0 unspecified atom stereocenters. The summed E-state index contributed by atoms with van der Waals surface area (Å²) >= 11 is 0.699. The van der Waals surface area contributed by atoms with Gasteiger partial charge in [0, 0.05) is 12.4 Å². The van der Waals surface area contributed by atoms with E-state index in [1.165, 1.54) is 7.05 Å². The number of aryl methyl sites for hydroxylation is 1. The Kier molecular flexibility index (Phi) is 2.85. The average Bonchev–Trinajstić information content (AvgIpc) is 2.81. The molecule has 0 bridgehead atoms. The van der Waals surface area contributed by atoms with Crippen LogP contribution in [-0.4, -0.2) is 20.7 Å². The Morgan fingerprint density at radius 3 is 2.67 bits per heavy atom. The first-order valence-electron chi connectivity index (χ1n) is 4.57. The summed E-state index contributed by atoms with van der Waals surface area (Å²) in [5.74, 6) is -1.52. The maximum Gasteiger partial charge on any atom is 0.434 e. The van der Waals surface area contributed by atoms with Crippen molar-refractivity contribution >= 4 is 17.3 Å². The van der Waals surface area contributed by atoms with Crippen molar-refractivity contribution in [3.63, 3.8) is 0 Å². The molecule has 2 aromatic rings. The normalized spacial score (nSPS) is 11.8. The highest BCUT2D eigenvalue weighted by atomic mass is 32.1. The van der Waals surface area contributed by atoms with Crippen LogP contribution < -0.4 is 5.11 Å². The Labute approximate surface area is 103 Å². The van der Waals surface area contributed by atoms with E-state index in [0.717, 1.165) is 16.3 Å². The summed E-state index contributed by atoms with van der Waals surface area (Å²) in [7, 11) is 1.35. The van der Waals surface area contributed by atoms with Crippen LogP contribution in [0.1, 0.15) is 16.2 Å². The summed E-state index contributed by atoms with van der Waals surface area (Å²) < 4.78 is 38.1. The second-order valence-electron chi connectivity index (χ2n) is 3.35. The molecule has 2 heterocycles. The number of carboxylic acid groups (broad SMARTS) is 1. The number of thiazole rings is 1. The van der Waals surface area contributed by atoms with Gasteiger partial charge in [-0.3, -0.25) is 4.68 Å². The van der Waals surface area contributed by atoms with Gasteiger partial charge in [-0.25, -0.2) is 4.98 Å². The molecule has 2 aromatic heterocycles. The van der Waals surface area contributed by atoms with E-state index < -0.39 is 17.8 Å². The number of hydrogen-bond donors (Lipinski definition) is 0. The largest absolute Gasteiger partial charge is 0.543 e. The number of aromatic nitrogens is 3. The number of aromatic carboxylic acids is 1. The molecule has 0 amide bonds. The van der Waals surface area contributed by atoms with Crippen molar-refractivity contribution in [2.45, 2.75) is 6.18 Å². The third kappa shape index (κ3) is 2.08. The van der Waals surface area contributed by atoms with E-state index >= 15 is 0 Å². The number of rotatable bonds is 2. The predicted molar refractivity (Wildman–Crippen MR) is 53.6 cm³/mol. The molecule has 0 aliphatic heterocycles. The van der Waals surface area contributed by atoms with E-state index in [2.05, 4.69) is 10.1 Å². The molecule has 5 nitrogen and oxygen atoms in total. The molecule has 18 heavy (non-hydrogen) atoms. The number of carbonyl (C=O) groups is 1. The quantitative estimate of drug-likeness (QED) is 0.818. The number of nitrogens with zero attached hydrogens (tertiary/aromatic N) is 3. The second-order valence-corrected chi connectivity index (χ2v) is 4.21. The molecule has 0 atom stereocenters. The third-order valence-electron chi connectivity index (χ3n) is 2.16. The monoisotopic (exact) mass is 276 g/mol. The topological polar surface area (TPSA) is 70.8 Å². The Balaban J connectivity index is 2.50. The fraction of sp³-hybridized carbons (Fsp3) is 0.222. The van der Waals surface area contributed by atoms with Crippen LogP contribution in [0.5, 0.6) is 0 Å². The van der Waals surface area contributed by atoms with Crippen LogP contribution >= 0.6 is 11.3 Å². The van der Waals surface area contributed by atoms with Crippen molar-refractivity contribution in [1.29, 1.82) is 0 Å². The number of carbonyl (C=O) groups excluding carboxylic acids is 1. The van der Waals surface area contributed by atoms with Gasteiger partial charge in [-0.2, -0.15) is 18.3 Å². The maximum absolute atomic E-state index is 12.4. The summed E-state index contributed by atoms with van der Waals surface area (Å²) in [5, 5.41) is 15.3. The van der Waals surface area contributed by atoms with E-state index in [1.54, 1.807) is 0 Å². The molecule has 0 aliphatic rings. The van der Waals surface area contributed by atoms with Crippen molar-refractivity contribution < 1.29 is 23.1 Å². The minimum Gasteiger partial charge on any atom is -0.543 e. The zero-order valence-electron chi connectivity index (χ0n) is 8.85. The first-order chi connectivity index (χ1) is 8.30. The molecule has 0 radical (unpaired) electrons. The average molecular weight is 276 g/mol. The molecule has 0 aliphatic carbocycles. The van der Waals surface area contributed by atoms with Crippen molar-refractivity contribution in [3.05, 3.63) is 23.0 Å². The molecular formula is C9H5F3N3O2S-. The molecule has 0 fully saturated rings. The lowest BCUT2D eigenvalue weighted by atomic mass is 10.2. The van der Waals surface area contributed by atoms with Gasteiger partial charge >= 0.3 is 6.18 Å². The zero-order chi connectivity index (χ0) is 13.5. The number of carboxylic acids is 1. The number of halogens is 3. The van der Waals surface area contributed by atoms with Crippen LogP contribution in [0.3, 0.4) is 0 Å². The van der Waals surface area contributed by atoms with Gasteiger partial charge in [0.2, 0.25) is 0 Å². The summed E-state index contributed by atoms with van der Waals surface area (Å²) in [6.45, 7) is 0. The fourth-order valence-corrected chi connectivity index (χ4v) is 2.20. The molecule has 96 valence electrons. The van der Waals surface area contributed by atoms with E-state index in [0.29, 0.717) is 11.3 Å². The van der Waals surface area contributed by atoms with Gasteiger partial charge in [0.25, 0.3) is 0 Å². The number of alkyl halides is 3. The molecule has 0 N–H and O–H groups in total. The lowest BCUT2D eigenvalue weighted by molar-refractivity contribution is -0.255. The maximum atomic E-state index is 12.4. The minimum atomic E-state index is -4.56. The van der Waals surface area contributed by atoms with Crippen LogP contribution in [0.25, 0.3) is 10.6 Å². The van der Waals surface area contributed by atoms with Crippen molar-refractivity contribution in [2.75, 3.05) is 0 Å². The lowest BCUT2D eigenvalue weighted by Gasteiger charge is -2.04. The van der Waals surface area contributed by atoms with Crippen LogP contribution in [0.2, 0.25) is 0 Å². The molecule has 0 aromatic carbocycles. The number of hydrogen-bond acceptors (Lipinski definition) is 5. The van der Waals surface area contributed by atoms with Crippen molar-refractivity contribution in [2.24, 2.45) is 7.05 Å². The van der Waals surface area contributed by atoms with Gasteiger partial charge in [0.15, 0.2) is 5.69 Å². The van der Waals surface area contributed by atoms with E-state index in [4.69, 9.17) is 0 Å². The first kappa shape index (κ1) is 12.6. The van der Waals surface area contributed by atoms with E-state index in [-0.39, 0.29) is 16.3 Å². The summed E-state index contributed by atoms with van der Waals surface area (Å²) in [4.78, 5) is 14.2. The minimum absolute atomic E-state index is 0.0120. The SMILES string of the molecule is Cn1ncc(-c2nc(C(F)(F)F)cs2)c1C(=O)[O-]. The highest BCUT2D eigenvalue weighted by Crippen LogP contribution is 2.34. The van der Waals surface area contributed by atoms with E-state index in [9.17, 15) is 23.1 Å². The van der Waals surface area contributed by atoms with Crippen LogP contribution in [0.15, 0.2) is 11.6 Å². The first-order valence-corrected chi connectivity index (χ1v) is 5.45. The second kappa shape index (κ2) is 4.09. The standard InChI is InChI=1S/C9H6F3N3O2S/c1-15-6(8(16)17)4(2-13-15)7-14-5(3-18-7)9(10,11)12/h2-3H,1H3,(H,16,17)/p-1. The van der Waals surface area contributed by atoms with Gasteiger partial charge in [0.1, 0.15) is 5.01 Å². The van der Waals surface area contributed by atoms with Crippen LogP contribution in [-0.2, 0) is 13.2 Å². The van der Waals surface area contributed by atoms with Gasteiger partial charge < -0.3 is 9.90 Å². The van der Waals surface area contributed by atoms with Crippen molar-refractivity contribution in [1.82, 2.24) is 14.8 Å². The molecule has 2 rings (SSSR count). The molecule has 9 heteroatoms. The Morgan fingerprint density at radius 2 is 2.17 bits per heavy atom. The molecule has 0 spiro atoms. The van der Waals surface area contributed by atoms with Gasteiger partial charge in [-0.1, -0.05) is 0 Å². The lowest BCUT2D eigenvalue weighted by Crippen LogP contribution is -2.25. The Hall–Kier alpha value is -1.90. The van der Waals surface area contributed by atoms with E-state index in [1.807, 2.05) is 0 Å². The summed E-state index contributed by atoms with van der Waals surface area (Å²) in [5.41, 5.74) is -1.35. The molecular weight excluding hydrogens is 271 g/mol. The Morgan fingerprint density at radius 1 is 1.50 bits per heavy atom. The smallest absolute Gasteiger partial charge is 0.434 e. The van der Waals surface area contributed by atoms with Gasteiger partial charge in [-0.05, 0) is 0 Å². The molecule has 0 saturated heterocycles. The van der Waals surface area contributed by atoms with Crippen LogP contribution in [0.4, 0.5) is 13.2 Å². The predicted octanol–water partition coefficient (Wildman–Crippen LogP) is 0.926. The highest BCUT2D eigenvalue weighted by molar-refractivity contribution is 7.13. The summed E-state index contributed by atoms with van der Waals surface area (Å²) in [6, 6.07) is 0. The zero-order valence-corrected chi connectivity index (χ0v) is 9.67. The fourth-order valence-electron chi connectivity index (χ4n) is 1.36. The highest BCUT2D eigenvalue weighted by Gasteiger charge is 2.34. The van der Waals surface area contributed by atoms with Crippen molar-refractivity contribution in [3.8, 4) is 10.6 Å².